The number of nitrogens with one attached hydrogen (secondary N) is 2. The molecule has 0 radical (unpaired) electrons. The fourth-order valence-electron chi connectivity index (χ4n) is 3.19. The van der Waals surface area contributed by atoms with Crippen LogP contribution in [0.15, 0.2) is 59.8 Å². The number of aromatic nitrogens is 1. The molecule has 1 atom stereocenters. The van der Waals surface area contributed by atoms with E-state index in [1.165, 1.54) is 6.21 Å². The highest BCUT2D eigenvalue weighted by atomic mass is 16.2. The average Bonchev–Trinajstić information content (AvgIpc) is 2.79. The summed E-state index contributed by atoms with van der Waals surface area (Å²) in [6, 6.07) is 14.4. The van der Waals surface area contributed by atoms with Crippen molar-refractivity contribution < 1.29 is 9.59 Å². The molecule has 0 saturated carbocycles. The molecule has 2 amide bonds. The van der Waals surface area contributed by atoms with Gasteiger partial charge in [0.2, 0.25) is 0 Å². The number of hydrogen-bond donors (Lipinski definition) is 2. The number of carbonyl (C=O) groups excluding carboxylic acids is 2. The number of unbranched alkanes of at least 4 members (excludes halogenated alkanes) is 1. The molecule has 0 fully saturated rings. The highest BCUT2D eigenvalue weighted by Gasteiger charge is 2.23. The first-order valence-corrected chi connectivity index (χ1v) is 10.5. The van der Waals surface area contributed by atoms with Crippen molar-refractivity contribution in [2.24, 2.45) is 5.10 Å². The number of amides is 2. The lowest BCUT2D eigenvalue weighted by molar-refractivity contribution is -0.126. The molecular formula is C23H31N5O2. The average molecular weight is 410 g/mol. The van der Waals surface area contributed by atoms with Gasteiger partial charge in [0.05, 0.1) is 18.0 Å². The van der Waals surface area contributed by atoms with Crippen LogP contribution in [0.3, 0.4) is 0 Å². The fourth-order valence-corrected chi connectivity index (χ4v) is 3.19. The molecule has 2 N–H and O–H groups in total. The van der Waals surface area contributed by atoms with Crippen molar-refractivity contribution in [2.75, 3.05) is 19.6 Å². The number of carbonyl (C=O) groups is 2. The summed E-state index contributed by atoms with van der Waals surface area (Å²) < 4.78 is 0. The van der Waals surface area contributed by atoms with Gasteiger partial charge in [-0.2, -0.15) is 5.10 Å². The van der Waals surface area contributed by atoms with Crippen LogP contribution >= 0.6 is 0 Å². The number of pyridine rings is 1. The molecular weight excluding hydrogens is 378 g/mol. The van der Waals surface area contributed by atoms with E-state index in [2.05, 4.69) is 25.7 Å². The Morgan fingerprint density at radius 2 is 1.80 bits per heavy atom. The van der Waals surface area contributed by atoms with Crippen molar-refractivity contribution in [1.29, 1.82) is 0 Å². The van der Waals surface area contributed by atoms with Crippen LogP contribution in [0.2, 0.25) is 0 Å². The van der Waals surface area contributed by atoms with Gasteiger partial charge in [-0.1, -0.05) is 38.1 Å². The number of rotatable bonds is 12. The summed E-state index contributed by atoms with van der Waals surface area (Å²) in [4.78, 5) is 31.0. The molecule has 7 nitrogen and oxygen atoms in total. The smallest absolute Gasteiger partial charge is 0.257 e. The lowest BCUT2D eigenvalue weighted by Gasteiger charge is -2.27. The van der Waals surface area contributed by atoms with Gasteiger partial charge >= 0.3 is 0 Å². The zero-order valence-corrected chi connectivity index (χ0v) is 17.8. The van der Waals surface area contributed by atoms with Crippen LogP contribution in [-0.2, 0) is 4.79 Å². The van der Waals surface area contributed by atoms with Crippen molar-refractivity contribution >= 4 is 18.0 Å². The van der Waals surface area contributed by atoms with Crippen LogP contribution in [0.1, 0.15) is 49.2 Å². The van der Waals surface area contributed by atoms with Gasteiger partial charge in [-0.25, -0.2) is 5.43 Å². The van der Waals surface area contributed by atoms with Crippen molar-refractivity contribution in [3.63, 3.8) is 0 Å². The molecule has 2 rings (SSSR count). The maximum absolute atomic E-state index is 12.7. The molecule has 0 aliphatic rings. The summed E-state index contributed by atoms with van der Waals surface area (Å²) in [6.45, 7) is 6.23. The van der Waals surface area contributed by atoms with Crippen molar-refractivity contribution in [3.8, 4) is 0 Å². The Hall–Kier alpha value is -3.06. The topological polar surface area (TPSA) is 86.7 Å². The Labute approximate surface area is 178 Å². The quantitative estimate of drug-likeness (QED) is 0.321. The van der Waals surface area contributed by atoms with Gasteiger partial charge in [0, 0.05) is 18.3 Å². The van der Waals surface area contributed by atoms with Crippen molar-refractivity contribution in [2.45, 2.75) is 39.2 Å². The van der Waals surface area contributed by atoms with E-state index in [-0.39, 0.29) is 17.9 Å². The second-order valence-corrected chi connectivity index (χ2v) is 6.84. The second kappa shape index (κ2) is 13.2. The van der Waals surface area contributed by atoms with Gasteiger partial charge in [0.25, 0.3) is 11.8 Å². The standard InChI is InChI=1S/C23H31N5O2/c1-3-28(4-2)21(23(30)27-26-18-20-14-8-10-16-24-20)15-9-11-17-25-22(29)19-12-6-5-7-13-19/h5-8,10,12-14,16,18,21H,3-4,9,11,15,17H2,1-2H3,(H,25,29)(H,27,30). The third-order valence-corrected chi connectivity index (χ3v) is 4.84. The van der Waals surface area contributed by atoms with E-state index >= 15 is 0 Å². The Morgan fingerprint density at radius 3 is 2.47 bits per heavy atom. The minimum absolute atomic E-state index is 0.0718. The minimum atomic E-state index is -0.259. The Bertz CT molecular complexity index is 792. The molecule has 30 heavy (non-hydrogen) atoms. The molecule has 7 heteroatoms. The highest BCUT2D eigenvalue weighted by Crippen LogP contribution is 2.09. The van der Waals surface area contributed by atoms with Gasteiger partial charge < -0.3 is 5.32 Å². The second-order valence-electron chi connectivity index (χ2n) is 6.84. The first-order chi connectivity index (χ1) is 14.7. The van der Waals surface area contributed by atoms with E-state index in [0.29, 0.717) is 24.2 Å². The summed E-state index contributed by atoms with van der Waals surface area (Å²) in [5, 5.41) is 6.97. The number of nitrogens with zero attached hydrogens (tertiary/aromatic N) is 3. The summed E-state index contributed by atoms with van der Waals surface area (Å²) in [5.41, 5.74) is 3.98. The summed E-state index contributed by atoms with van der Waals surface area (Å²) in [5.74, 6) is -0.198. The molecule has 160 valence electrons. The van der Waals surface area contributed by atoms with Gasteiger partial charge in [0.15, 0.2) is 0 Å². The van der Waals surface area contributed by atoms with Crippen LogP contribution in [0, 0.1) is 0 Å². The molecule has 0 saturated heterocycles. The lowest BCUT2D eigenvalue weighted by atomic mass is 10.1. The summed E-state index contributed by atoms with van der Waals surface area (Å²) >= 11 is 0. The number of hydrogen-bond acceptors (Lipinski definition) is 5. The van der Waals surface area contributed by atoms with E-state index < -0.39 is 0 Å². The number of benzene rings is 1. The van der Waals surface area contributed by atoms with E-state index in [4.69, 9.17) is 0 Å². The maximum Gasteiger partial charge on any atom is 0.257 e. The van der Waals surface area contributed by atoms with E-state index in [1.54, 1.807) is 18.3 Å². The predicted molar refractivity (Wildman–Crippen MR) is 119 cm³/mol. The molecule has 1 heterocycles. The third kappa shape index (κ3) is 7.75. The molecule has 1 aromatic heterocycles. The molecule has 1 aromatic carbocycles. The molecule has 0 bridgehead atoms. The van der Waals surface area contributed by atoms with Gasteiger partial charge in [-0.15, -0.1) is 0 Å². The van der Waals surface area contributed by atoms with Crippen LogP contribution in [-0.4, -0.2) is 53.6 Å². The zero-order chi connectivity index (χ0) is 21.6. The zero-order valence-electron chi connectivity index (χ0n) is 17.8. The van der Waals surface area contributed by atoms with Gasteiger partial charge in [-0.3, -0.25) is 19.5 Å². The SMILES string of the molecule is CCN(CC)C(CCCCNC(=O)c1ccccc1)C(=O)NN=Cc1ccccn1. The fraction of sp³-hybridized carbons (Fsp3) is 0.391. The normalized spacial score (nSPS) is 12.1. The highest BCUT2D eigenvalue weighted by molar-refractivity contribution is 5.94. The van der Waals surface area contributed by atoms with E-state index in [0.717, 1.165) is 25.9 Å². The lowest BCUT2D eigenvalue weighted by Crippen LogP contribution is -2.45. The summed E-state index contributed by atoms with van der Waals surface area (Å²) in [7, 11) is 0. The van der Waals surface area contributed by atoms with Crippen LogP contribution < -0.4 is 10.7 Å². The Balaban J connectivity index is 1.80. The largest absolute Gasteiger partial charge is 0.352 e. The summed E-state index contributed by atoms with van der Waals surface area (Å²) in [6.07, 6.45) is 5.55. The van der Waals surface area contributed by atoms with Crippen LogP contribution in [0.5, 0.6) is 0 Å². The third-order valence-electron chi connectivity index (χ3n) is 4.84. The van der Waals surface area contributed by atoms with E-state index in [9.17, 15) is 9.59 Å². The van der Waals surface area contributed by atoms with Crippen LogP contribution in [0.4, 0.5) is 0 Å². The number of likely N-dealkylation sites (N-methyl/N-ethyl adjacent to an activating group) is 1. The molecule has 0 aliphatic carbocycles. The first kappa shape index (κ1) is 23.2. The van der Waals surface area contributed by atoms with Gasteiger partial charge in [0.1, 0.15) is 0 Å². The predicted octanol–water partition coefficient (Wildman–Crippen LogP) is 2.84. The monoisotopic (exact) mass is 409 g/mol. The Kier molecular flexibility index (Phi) is 10.2. The number of hydrazone groups is 1. The molecule has 0 aliphatic heterocycles. The van der Waals surface area contributed by atoms with Crippen molar-refractivity contribution in [3.05, 3.63) is 66.0 Å². The van der Waals surface area contributed by atoms with Gasteiger partial charge in [-0.05, 0) is 56.6 Å². The van der Waals surface area contributed by atoms with Crippen LogP contribution in [0.25, 0.3) is 0 Å². The molecule has 2 aromatic rings. The van der Waals surface area contributed by atoms with E-state index in [1.807, 2.05) is 50.2 Å². The molecule has 0 spiro atoms. The Morgan fingerprint density at radius 1 is 1.07 bits per heavy atom. The first-order valence-electron chi connectivity index (χ1n) is 10.5. The maximum atomic E-state index is 12.7. The molecule has 1 unspecified atom stereocenters. The minimum Gasteiger partial charge on any atom is -0.352 e. The van der Waals surface area contributed by atoms with Crippen molar-refractivity contribution in [1.82, 2.24) is 20.6 Å².